The van der Waals surface area contributed by atoms with Gasteiger partial charge in [0.05, 0.1) is 18.4 Å². The lowest BCUT2D eigenvalue weighted by Crippen LogP contribution is -2.42. The van der Waals surface area contributed by atoms with Gasteiger partial charge in [-0.25, -0.2) is 0 Å². The lowest BCUT2D eigenvalue weighted by Gasteiger charge is -2.43. The quantitative estimate of drug-likeness (QED) is 0.129. The molecule has 3 aliphatic rings. The summed E-state index contributed by atoms with van der Waals surface area (Å²) in [6.45, 7) is 12.2. The summed E-state index contributed by atoms with van der Waals surface area (Å²) in [5.74, 6) is 1.67. The number of hydrogen-bond acceptors (Lipinski definition) is 7. The van der Waals surface area contributed by atoms with Crippen LogP contribution in [0.2, 0.25) is 0 Å². The van der Waals surface area contributed by atoms with Crippen LogP contribution in [0.15, 0.2) is 109 Å². The lowest BCUT2D eigenvalue weighted by atomic mass is 9.65. The van der Waals surface area contributed by atoms with Crippen molar-refractivity contribution >= 4 is 23.1 Å². The maximum absolute atomic E-state index is 12.5. The predicted molar refractivity (Wildman–Crippen MR) is 230 cm³/mol. The maximum Gasteiger partial charge on any atom is 0.308 e. The van der Waals surface area contributed by atoms with E-state index in [9.17, 15) is 14.7 Å². The molecule has 1 saturated heterocycles. The number of nitrogens with zero attached hydrogens (tertiary/aromatic N) is 1. The van der Waals surface area contributed by atoms with Crippen molar-refractivity contribution in [2.45, 2.75) is 97.9 Å². The van der Waals surface area contributed by atoms with Gasteiger partial charge in [-0.1, -0.05) is 126 Å². The number of aliphatic hydroxyl groups is 1. The Balaban J connectivity index is 0.000000218. The number of esters is 2. The van der Waals surface area contributed by atoms with Crippen LogP contribution in [0.5, 0.6) is 5.75 Å². The fourth-order valence-corrected chi connectivity index (χ4v) is 8.42. The molecular formula is C50H65NO6. The van der Waals surface area contributed by atoms with Gasteiger partial charge in [-0.3, -0.25) is 9.59 Å². The molecule has 3 aromatic rings. The first-order chi connectivity index (χ1) is 27.5. The molecule has 6 rings (SSSR count). The van der Waals surface area contributed by atoms with Gasteiger partial charge < -0.3 is 24.2 Å². The van der Waals surface area contributed by atoms with Gasteiger partial charge in [0.1, 0.15) is 24.6 Å². The van der Waals surface area contributed by atoms with Crippen LogP contribution in [-0.2, 0) is 19.1 Å². The van der Waals surface area contributed by atoms with E-state index in [1.165, 1.54) is 33.4 Å². The highest BCUT2D eigenvalue weighted by molar-refractivity contribution is 5.98. The van der Waals surface area contributed by atoms with Crippen molar-refractivity contribution in [1.82, 2.24) is 4.90 Å². The van der Waals surface area contributed by atoms with Crippen molar-refractivity contribution < 1.29 is 28.9 Å². The van der Waals surface area contributed by atoms with Gasteiger partial charge in [0.25, 0.3) is 0 Å². The first kappa shape index (κ1) is 43.7. The zero-order valence-electron chi connectivity index (χ0n) is 35.2. The third-order valence-corrected chi connectivity index (χ3v) is 11.7. The van der Waals surface area contributed by atoms with Gasteiger partial charge in [0, 0.05) is 18.9 Å². The average molecular weight is 776 g/mol. The van der Waals surface area contributed by atoms with Crippen LogP contribution >= 0.6 is 0 Å². The van der Waals surface area contributed by atoms with E-state index in [0.717, 1.165) is 44.4 Å². The van der Waals surface area contributed by atoms with Crippen molar-refractivity contribution in [1.29, 1.82) is 0 Å². The summed E-state index contributed by atoms with van der Waals surface area (Å²) in [5.41, 5.74) is 7.64. The number of ether oxygens (including phenoxy) is 3. The number of benzene rings is 3. The van der Waals surface area contributed by atoms with Crippen molar-refractivity contribution in [3.63, 3.8) is 0 Å². The Morgan fingerprint density at radius 2 is 1.54 bits per heavy atom. The molecule has 1 fully saturated rings. The number of allylic oxidation sites excluding steroid dienone is 4. The Kier molecular flexibility index (Phi) is 16.3. The Morgan fingerprint density at radius 1 is 0.895 bits per heavy atom. The number of hydrogen-bond donors (Lipinski definition) is 1. The van der Waals surface area contributed by atoms with E-state index in [1.807, 2.05) is 13.8 Å². The van der Waals surface area contributed by atoms with Gasteiger partial charge in [-0.15, -0.1) is 0 Å². The fraction of sp³-hybridized carbons (Fsp3) is 0.480. The Labute approximate surface area is 341 Å². The molecular weight excluding hydrogens is 711 g/mol. The number of cyclic esters (lactones) is 1. The van der Waals surface area contributed by atoms with Crippen molar-refractivity contribution in [2.24, 2.45) is 29.6 Å². The van der Waals surface area contributed by atoms with Crippen LogP contribution in [0.3, 0.4) is 0 Å². The van der Waals surface area contributed by atoms with Gasteiger partial charge in [-0.2, -0.15) is 0 Å². The topological polar surface area (TPSA) is 85.3 Å². The highest BCUT2D eigenvalue weighted by atomic mass is 16.6. The second-order valence-corrected chi connectivity index (χ2v) is 16.5. The molecule has 7 nitrogen and oxygen atoms in total. The zero-order valence-corrected chi connectivity index (χ0v) is 35.2. The van der Waals surface area contributed by atoms with Crippen LogP contribution < -0.4 is 4.74 Å². The average Bonchev–Trinajstić information content (AvgIpc) is 3.20. The van der Waals surface area contributed by atoms with Gasteiger partial charge in [-0.05, 0) is 109 Å². The summed E-state index contributed by atoms with van der Waals surface area (Å²) in [4.78, 5) is 26.3. The minimum atomic E-state index is -0.597. The molecule has 57 heavy (non-hydrogen) atoms. The van der Waals surface area contributed by atoms with E-state index in [1.54, 1.807) is 0 Å². The number of carbonyl (C=O) groups is 2. The van der Waals surface area contributed by atoms with E-state index in [2.05, 4.69) is 143 Å². The summed E-state index contributed by atoms with van der Waals surface area (Å²) in [7, 11) is 4.11. The first-order valence-corrected chi connectivity index (χ1v) is 21.2. The largest absolute Gasteiger partial charge is 0.492 e. The van der Waals surface area contributed by atoms with Gasteiger partial charge >= 0.3 is 11.9 Å². The summed E-state index contributed by atoms with van der Waals surface area (Å²) in [6, 6.07) is 29.8. The second kappa shape index (κ2) is 21.3. The highest BCUT2D eigenvalue weighted by Crippen LogP contribution is 2.45. The third kappa shape index (κ3) is 12.3. The van der Waals surface area contributed by atoms with E-state index in [0.29, 0.717) is 30.8 Å². The third-order valence-electron chi connectivity index (χ3n) is 11.7. The molecule has 0 saturated carbocycles. The first-order valence-electron chi connectivity index (χ1n) is 21.2. The molecule has 0 amide bonds. The molecule has 0 aromatic heterocycles. The number of rotatable bonds is 14. The number of aliphatic hydroxyl groups excluding tert-OH is 1. The molecule has 1 aliphatic heterocycles. The molecule has 0 spiro atoms. The van der Waals surface area contributed by atoms with Crippen LogP contribution in [0.25, 0.3) is 11.1 Å². The van der Waals surface area contributed by atoms with E-state index in [-0.39, 0.29) is 42.4 Å². The standard InChI is InChI=1S/C26H29NO.C24H36O5/c1-4-25(21-11-7-5-8-12-21)26(22-13-9-6-10-14-22)23-15-17-24(18-16-23)28-20-19-27(2)3;1-5-15(3)24(27)29-21-11-14(2)10-17-7-6-16(4)20(23(17)21)9-8-19-12-18(25)13-22(26)28-19/h5-18H,4,19-20H2,1-3H3;6-7,10,14-16,18-21,23,25H,5,8-9,11-13H2,1-4H3/b26-25-;/t;14-,15-,16-,18+,19+,20-,21-,23-/m.0/s1. The monoisotopic (exact) mass is 775 g/mol. The summed E-state index contributed by atoms with van der Waals surface area (Å²) < 4.78 is 17.4. The molecule has 0 bridgehead atoms. The van der Waals surface area contributed by atoms with Crippen LogP contribution in [0.1, 0.15) is 96.3 Å². The normalized spacial score (nSPS) is 25.2. The molecule has 0 unspecified atom stereocenters. The number of fused-ring (bicyclic) bond motifs is 1. The van der Waals surface area contributed by atoms with Crippen LogP contribution in [0.4, 0.5) is 0 Å². The Hall–Kier alpha value is -4.46. The highest BCUT2D eigenvalue weighted by Gasteiger charge is 2.42. The minimum absolute atomic E-state index is 0.0854. The van der Waals surface area contributed by atoms with Crippen molar-refractivity contribution in [3.8, 4) is 5.75 Å². The smallest absolute Gasteiger partial charge is 0.308 e. The molecule has 7 heteroatoms. The minimum Gasteiger partial charge on any atom is -0.492 e. The predicted octanol–water partition coefficient (Wildman–Crippen LogP) is 10.2. The summed E-state index contributed by atoms with van der Waals surface area (Å²) in [5, 5.41) is 9.89. The van der Waals surface area contributed by atoms with E-state index < -0.39 is 6.10 Å². The van der Waals surface area contributed by atoms with E-state index in [4.69, 9.17) is 14.2 Å². The van der Waals surface area contributed by atoms with Crippen molar-refractivity contribution in [3.05, 3.63) is 125 Å². The molecule has 1 N–H and O–H groups in total. The SMILES string of the molecule is CC/C(=C(\c1ccccc1)c1ccc(OCCN(C)C)cc1)c1ccccc1.CC[C@H](C)C(=O)O[C@H]1C[C@@H](C)C=C2C=C[C@H](C)[C@H](CC[C@@H]3C[C@@H](O)CC(=O)O3)[C@H]21. The molecule has 3 aromatic carbocycles. The molecule has 8 atom stereocenters. The molecule has 2 aliphatic carbocycles. The fourth-order valence-electron chi connectivity index (χ4n) is 8.42. The zero-order chi connectivity index (χ0) is 40.9. The maximum atomic E-state index is 12.5. The number of likely N-dealkylation sites (N-methyl/N-ethyl adjacent to an activating group) is 1. The Morgan fingerprint density at radius 3 is 2.16 bits per heavy atom. The summed E-state index contributed by atoms with van der Waals surface area (Å²) >= 11 is 0. The van der Waals surface area contributed by atoms with Crippen LogP contribution in [0, 0.1) is 29.6 Å². The van der Waals surface area contributed by atoms with Crippen molar-refractivity contribution in [2.75, 3.05) is 27.2 Å². The molecule has 1 heterocycles. The molecule has 0 radical (unpaired) electrons. The van der Waals surface area contributed by atoms with Crippen LogP contribution in [-0.4, -0.2) is 67.5 Å². The van der Waals surface area contributed by atoms with Gasteiger partial charge in [0.15, 0.2) is 0 Å². The summed E-state index contributed by atoms with van der Waals surface area (Å²) in [6.07, 6.45) is 10.7. The second-order valence-electron chi connectivity index (χ2n) is 16.5. The Bertz CT molecular complexity index is 1810. The van der Waals surface area contributed by atoms with Gasteiger partial charge in [0.2, 0.25) is 0 Å². The van der Waals surface area contributed by atoms with E-state index >= 15 is 0 Å². The molecule has 306 valence electrons. The lowest BCUT2D eigenvalue weighted by molar-refractivity contribution is -0.162. The number of carbonyl (C=O) groups excluding carboxylic acids is 2.